The van der Waals surface area contributed by atoms with E-state index in [9.17, 15) is 18.0 Å². The van der Waals surface area contributed by atoms with E-state index in [-0.39, 0.29) is 6.42 Å². The molecule has 0 saturated carbocycles. The quantitative estimate of drug-likeness (QED) is 0.362. The van der Waals surface area contributed by atoms with Crippen LogP contribution in [0.1, 0.15) is 21.7 Å². The van der Waals surface area contributed by atoms with Gasteiger partial charge in [-0.25, -0.2) is 4.98 Å². The number of carboxylic acids is 1. The van der Waals surface area contributed by atoms with Gasteiger partial charge in [0.05, 0.1) is 24.3 Å². The van der Waals surface area contributed by atoms with E-state index in [1.807, 2.05) is 25.1 Å². The monoisotopic (exact) mass is 460 g/mol. The molecule has 0 aliphatic rings. The molecule has 0 bridgehead atoms. The van der Waals surface area contributed by atoms with Crippen molar-refractivity contribution in [2.75, 3.05) is 6.61 Å². The molecule has 0 unspecified atom stereocenters. The van der Waals surface area contributed by atoms with Crippen LogP contribution < -0.4 is 4.74 Å². The average molecular weight is 460 g/mol. The maximum atomic E-state index is 12.8. The fraction of sp³-hybridized carbons (Fsp3) is 0.217. The van der Waals surface area contributed by atoms with Crippen molar-refractivity contribution in [2.45, 2.75) is 25.9 Å². The molecule has 0 aliphatic heterocycles. The second-order valence-corrected chi connectivity index (χ2v) is 8.49. The number of aromatic nitrogens is 2. The van der Waals surface area contributed by atoms with Crippen molar-refractivity contribution in [2.24, 2.45) is 0 Å². The number of carboxylic acid groups (broad SMARTS) is 1. The zero-order valence-electron chi connectivity index (χ0n) is 17.0. The van der Waals surface area contributed by atoms with Crippen molar-refractivity contribution in [3.8, 4) is 16.3 Å². The molecule has 0 amide bonds. The van der Waals surface area contributed by atoms with Gasteiger partial charge in [0, 0.05) is 34.0 Å². The molecule has 0 fully saturated rings. The number of carbonyl (C=O) groups is 1. The van der Waals surface area contributed by atoms with Gasteiger partial charge >= 0.3 is 12.1 Å². The van der Waals surface area contributed by atoms with Gasteiger partial charge in [0.15, 0.2) is 0 Å². The Balaban J connectivity index is 1.42. The van der Waals surface area contributed by atoms with Gasteiger partial charge in [-0.05, 0) is 42.8 Å². The summed E-state index contributed by atoms with van der Waals surface area (Å²) < 4.78 is 44.1. The van der Waals surface area contributed by atoms with E-state index in [2.05, 4.69) is 9.97 Å². The van der Waals surface area contributed by atoms with Crippen LogP contribution >= 0.6 is 11.3 Å². The topological polar surface area (TPSA) is 75.2 Å². The van der Waals surface area contributed by atoms with E-state index in [1.165, 1.54) is 23.5 Å². The molecule has 4 aromatic rings. The molecule has 32 heavy (non-hydrogen) atoms. The summed E-state index contributed by atoms with van der Waals surface area (Å²) in [7, 11) is 0. The molecule has 0 radical (unpaired) electrons. The van der Waals surface area contributed by atoms with Crippen LogP contribution in [-0.4, -0.2) is 27.7 Å². The lowest BCUT2D eigenvalue weighted by molar-refractivity contribution is -0.138. The highest BCUT2D eigenvalue weighted by Gasteiger charge is 2.30. The summed E-state index contributed by atoms with van der Waals surface area (Å²) in [6.45, 7) is 2.28. The summed E-state index contributed by atoms with van der Waals surface area (Å²) in [4.78, 5) is 19.6. The van der Waals surface area contributed by atoms with E-state index in [0.29, 0.717) is 34.9 Å². The highest BCUT2D eigenvalue weighted by Crippen LogP contribution is 2.33. The number of H-pyrrole nitrogens is 1. The van der Waals surface area contributed by atoms with Crippen molar-refractivity contribution in [3.63, 3.8) is 0 Å². The normalized spacial score (nSPS) is 11.8. The Morgan fingerprint density at radius 3 is 2.62 bits per heavy atom. The molecule has 166 valence electrons. The molecule has 0 saturated heterocycles. The van der Waals surface area contributed by atoms with Crippen molar-refractivity contribution < 1.29 is 27.8 Å². The van der Waals surface area contributed by atoms with Crippen LogP contribution in [0.5, 0.6) is 5.75 Å². The molecule has 4 rings (SSSR count). The second-order valence-electron chi connectivity index (χ2n) is 7.29. The number of alkyl halides is 3. The lowest BCUT2D eigenvalue weighted by Crippen LogP contribution is -2.04. The van der Waals surface area contributed by atoms with Crippen LogP contribution in [0.4, 0.5) is 13.2 Å². The molecular weight excluding hydrogens is 441 g/mol. The Labute approximate surface area is 185 Å². The lowest BCUT2D eigenvalue weighted by Gasteiger charge is -2.07. The van der Waals surface area contributed by atoms with Gasteiger partial charge in [0.25, 0.3) is 0 Å². The highest BCUT2D eigenvalue weighted by atomic mass is 32.1. The minimum Gasteiger partial charge on any atom is -0.493 e. The predicted octanol–water partition coefficient (Wildman–Crippen LogP) is 5.87. The number of benzene rings is 2. The van der Waals surface area contributed by atoms with Crippen molar-refractivity contribution in [1.29, 1.82) is 0 Å². The number of aromatic amines is 1. The van der Waals surface area contributed by atoms with Crippen LogP contribution in [0.2, 0.25) is 0 Å². The maximum absolute atomic E-state index is 12.8. The Hall–Kier alpha value is -3.33. The standard InChI is InChI=1S/C23H19F3N2O3S/c1-13-19(28-22(32-13)14-2-4-16(5-3-14)23(24,25)26)8-9-31-17-6-7-20-18(11-17)15(12-27-20)10-21(29)30/h2-7,11-12,27H,8-10H2,1H3,(H,29,30). The summed E-state index contributed by atoms with van der Waals surface area (Å²) in [6, 6.07) is 10.4. The molecule has 2 aromatic carbocycles. The summed E-state index contributed by atoms with van der Waals surface area (Å²) in [6.07, 6.45) is -2.22. The molecule has 2 aromatic heterocycles. The van der Waals surface area contributed by atoms with E-state index in [1.54, 1.807) is 6.20 Å². The first-order valence-electron chi connectivity index (χ1n) is 9.79. The third-order valence-corrected chi connectivity index (χ3v) is 6.10. The SMILES string of the molecule is Cc1sc(-c2ccc(C(F)(F)F)cc2)nc1CCOc1ccc2[nH]cc(CC(=O)O)c2c1. The van der Waals surface area contributed by atoms with Crippen molar-refractivity contribution in [3.05, 3.63) is 70.4 Å². The minimum absolute atomic E-state index is 0.0752. The first kappa shape index (κ1) is 21.9. The number of rotatable bonds is 7. The van der Waals surface area contributed by atoms with Crippen molar-refractivity contribution in [1.82, 2.24) is 9.97 Å². The summed E-state index contributed by atoms with van der Waals surface area (Å²) in [5, 5.41) is 10.5. The summed E-state index contributed by atoms with van der Waals surface area (Å²) >= 11 is 1.43. The van der Waals surface area contributed by atoms with Crippen LogP contribution in [0.15, 0.2) is 48.7 Å². The van der Waals surface area contributed by atoms with Crippen LogP contribution in [0, 0.1) is 6.92 Å². The highest BCUT2D eigenvalue weighted by molar-refractivity contribution is 7.15. The predicted molar refractivity (Wildman–Crippen MR) is 116 cm³/mol. The number of nitrogens with one attached hydrogen (secondary N) is 1. The van der Waals surface area contributed by atoms with Crippen molar-refractivity contribution >= 4 is 28.2 Å². The first-order valence-corrected chi connectivity index (χ1v) is 10.6. The molecular formula is C23H19F3N2O3S. The summed E-state index contributed by atoms with van der Waals surface area (Å²) in [5.41, 5.74) is 2.31. The minimum atomic E-state index is -4.36. The number of ether oxygens (including phenoxy) is 1. The molecule has 0 spiro atoms. The van der Waals surface area contributed by atoms with Gasteiger partial charge in [0.1, 0.15) is 10.8 Å². The maximum Gasteiger partial charge on any atom is 0.416 e. The smallest absolute Gasteiger partial charge is 0.416 e. The first-order chi connectivity index (χ1) is 15.2. The van der Waals surface area contributed by atoms with Gasteiger partial charge in [-0.2, -0.15) is 13.2 Å². The molecule has 2 heterocycles. The largest absolute Gasteiger partial charge is 0.493 e. The number of thiazole rings is 1. The second kappa shape index (κ2) is 8.66. The third-order valence-electron chi connectivity index (χ3n) is 5.04. The average Bonchev–Trinajstić information content (AvgIpc) is 3.30. The molecule has 2 N–H and O–H groups in total. The number of aryl methyl sites for hydroxylation is 1. The molecule has 9 heteroatoms. The molecule has 0 atom stereocenters. The zero-order valence-corrected chi connectivity index (χ0v) is 17.8. The fourth-order valence-corrected chi connectivity index (χ4v) is 4.37. The van der Waals surface area contributed by atoms with Gasteiger partial charge < -0.3 is 14.8 Å². The Bertz CT molecular complexity index is 1260. The number of halogens is 3. The Morgan fingerprint density at radius 1 is 1.19 bits per heavy atom. The lowest BCUT2D eigenvalue weighted by atomic mass is 10.1. The number of nitrogens with zero attached hydrogens (tertiary/aromatic N) is 1. The Kier molecular flexibility index (Phi) is 5.92. The van der Waals surface area contributed by atoms with Gasteiger partial charge in [-0.1, -0.05) is 12.1 Å². The number of fused-ring (bicyclic) bond motifs is 1. The molecule has 0 aliphatic carbocycles. The summed E-state index contributed by atoms with van der Waals surface area (Å²) in [5.74, 6) is -0.278. The molecule has 5 nitrogen and oxygen atoms in total. The zero-order chi connectivity index (χ0) is 22.9. The van der Waals surface area contributed by atoms with Crippen LogP contribution in [0.3, 0.4) is 0 Å². The van der Waals surface area contributed by atoms with Crippen LogP contribution in [-0.2, 0) is 23.8 Å². The Morgan fingerprint density at radius 2 is 1.94 bits per heavy atom. The van der Waals surface area contributed by atoms with Gasteiger partial charge in [-0.15, -0.1) is 11.3 Å². The fourth-order valence-electron chi connectivity index (χ4n) is 3.41. The number of hydrogen-bond donors (Lipinski definition) is 2. The van der Waals surface area contributed by atoms with Crippen LogP contribution in [0.25, 0.3) is 21.5 Å². The van der Waals surface area contributed by atoms with E-state index in [4.69, 9.17) is 9.84 Å². The number of hydrogen-bond acceptors (Lipinski definition) is 4. The van der Waals surface area contributed by atoms with E-state index in [0.717, 1.165) is 33.6 Å². The van der Waals surface area contributed by atoms with Gasteiger partial charge in [0.2, 0.25) is 0 Å². The van der Waals surface area contributed by atoms with E-state index < -0.39 is 17.7 Å². The third kappa shape index (κ3) is 4.77. The van der Waals surface area contributed by atoms with Gasteiger partial charge in [-0.3, -0.25) is 4.79 Å². The number of aliphatic carboxylic acids is 1. The van der Waals surface area contributed by atoms with E-state index >= 15 is 0 Å².